The van der Waals surface area contributed by atoms with Crippen LogP contribution in [0.2, 0.25) is 0 Å². The first-order chi connectivity index (χ1) is 9.99. The number of allylic oxidation sites excluding steroid dienone is 1. The van der Waals surface area contributed by atoms with Gasteiger partial charge < -0.3 is 15.4 Å². The molecular weight excluding hydrogens is 318 g/mol. The van der Waals surface area contributed by atoms with Crippen molar-refractivity contribution in [3.63, 3.8) is 0 Å². The zero-order valence-corrected chi connectivity index (χ0v) is 12.8. The van der Waals surface area contributed by atoms with Crippen LogP contribution in [0.3, 0.4) is 0 Å². The van der Waals surface area contributed by atoms with Crippen LogP contribution in [0.5, 0.6) is 0 Å². The molecule has 2 rings (SSSR count). The fourth-order valence-electron chi connectivity index (χ4n) is 1.96. The van der Waals surface area contributed by atoms with E-state index in [1.165, 1.54) is 6.92 Å². The van der Waals surface area contributed by atoms with Crippen molar-refractivity contribution in [2.75, 3.05) is 6.61 Å². The zero-order valence-electron chi connectivity index (χ0n) is 11.2. The highest BCUT2D eigenvalue weighted by Gasteiger charge is 2.35. The first-order valence-electron chi connectivity index (χ1n) is 6.23. The first kappa shape index (κ1) is 15.8. The van der Waals surface area contributed by atoms with Crippen LogP contribution in [0.1, 0.15) is 12.5 Å². The van der Waals surface area contributed by atoms with Crippen molar-refractivity contribution in [2.45, 2.75) is 25.8 Å². The maximum atomic E-state index is 13.0. The van der Waals surface area contributed by atoms with E-state index in [1.807, 2.05) is 16.8 Å². The Balaban J connectivity index is 2.01. The van der Waals surface area contributed by atoms with Gasteiger partial charge in [0.1, 0.15) is 6.04 Å². The summed E-state index contributed by atoms with van der Waals surface area (Å²) in [6.07, 6.45) is -2.19. The summed E-state index contributed by atoms with van der Waals surface area (Å²) in [5.74, 6) is -0.754. The number of hydrogen-bond donors (Lipinski definition) is 2. The van der Waals surface area contributed by atoms with Crippen molar-refractivity contribution in [1.29, 1.82) is 0 Å². The van der Waals surface area contributed by atoms with Crippen molar-refractivity contribution in [1.82, 2.24) is 10.6 Å². The Kier molecular flexibility index (Phi) is 5.24. The molecule has 4 nitrogen and oxygen atoms in total. The van der Waals surface area contributed by atoms with Crippen LogP contribution in [0.25, 0.3) is 0 Å². The summed E-state index contributed by atoms with van der Waals surface area (Å²) >= 11 is 6.37. The molecule has 8 heteroatoms. The van der Waals surface area contributed by atoms with Gasteiger partial charge in [-0.15, -0.1) is 0 Å². The lowest BCUT2D eigenvalue weighted by molar-refractivity contribution is -0.140. The second-order valence-corrected chi connectivity index (χ2v) is 5.66. The number of nitrogens with one attached hydrogen (secondary N) is 2. The molecule has 1 aliphatic heterocycles. The number of thiocarbonyl (C=S) groups is 1. The molecule has 0 aromatic carbocycles. The van der Waals surface area contributed by atoms with Crippen LogP contribution >= 0.6 is 23.6 Å². The Hall–Kier alpha value is -1.54. The molecule has 0 spiro atoms. The van der Waals surface area contributed by atoms with E-state index in [-0.39, 0.29) is 17.3 Å². The number of thiophene rings is 1. The molecule has 0 amide bonds. The summed E-state index contributed by atoms with van der Waals surface area (Å²) in [4.78, 5) is 12.0. The minimum Gasteiger partial charge on any atom is -0.462 e. The molecule has 114 valence electrons. The zero-order chi connectivity index (χ0) is 15.4. The highest BCUT2D eigenvalue weighted by molar-refractivity contribution is 7.80. The minimum atomic E-state index is -2.75. The van der Waals surface area contributed by atoms with E-state index in [2.05, 4.69) is 10.6 Å². The van der Waals surface area contributed by atoms with E-state index in [0.717, 1.165) is 5.56 Å². The largest absolute Gasteiger partial charge is 0.462 e. The Morgan fingerprint density at radius 3 is 2.95 bits per heavy atom. The van der Waals surface area contributed by atoms with E-state index in [9.17, 15) is 13.6 Å². The van der Waals surface area contributed by atoms with Crippen molar-refractivity contribution >= 4 is 34.6 Å². The molecule has 0 saturated carbocycles. The molecule has 21 heavy (non-hydrogen) atoms. The summed E-state index contributed by atoms with van der Waals surface area (Å²) in [5, 5.41) is 9.01. The molecule has 0 bridgehead atoms. The van der Waals surface area contributed by atoms with E-state index in [1.54, 1.807) is 11.3 Å². The van der Waals surface area contributed by atoms with Crippen LogP contribution in [-0.2, 0) is 16.0 Å². The summed E-state index contributed by atoms with van der Waals surface area (Å²) in [7, 11) is 0. The molecule has 1 aliphatic rings. The predicted molar refractivity (Wildman–Crippen MR) is 80.3 cm³/mol. The van der Waals surface area contributed by atoms with Crippen molar-refractivity contribution in [3.8, 4) is 0 Å². The molecule has 0 saturated heterocycles. The molecule has 2 N–H and O–H groups in total. The number of rotatable bonds is 5. The fourth-order valence-corrected chi connectivity index (χ4v) is 2.95. The maximum Gasteiger partial charge on any atom is 0.338 e. The Bertz CT molecular complexity index is 559. The second kappa shape index (κ2) is 6.95. The van der Waals surface area contributed by atoms with Crippen LogP contribution in [0.4, 0.5) is 8.78 Å². The fraction of sp³-hybridized carbons (Fsp3) is 0.385. The van der Waals surface area contributed by atoms with Gasteiger partial charge in [0.2, 0.25) is 0 Å². The lowest BCUT2D eigenvalue weighted by atomic mass is 10.0. The topological polar surface area (TPSA) is 50.4 Å². The summed E-state index contributed by atoms with van der Waals surface area (Å²) in [6, 6.07) is 0.486. The van der Waals surface area contributed by atoms with Crippen molar-refractivity contribution in [2.24, 2.45) is 0 Å². The number of halogens is 2. The number of alkyl halides is 2. The third kappa shape index (κ3) is 3.98. The van der Waals surface area contributed by atoms with Gasteiger partial charge in [0.25, 0.3) is 6.43 Å². The Morgan fingerprint density at radius 2 is 2.33 bits per heavy atom. The van der Waals surface area contributed by atoms with Gasteiger partial charge >= 0.3 is 5.97 Å². The van der Waals surface area contributed by atoms with E-state index in [4.69, 9.17) is 17.0 Å². The van der Waals surface area contributed by atoms with Crippen molar-refractivity contribution in [3.05, 3.63) is 33.7 Å². The second-order valence-electron chi connectivity index (χ2n) is 4.47. The van der Waals surface area contributed by atoms with Gasteiger partial charge in [-0.2, -0.15) is 11.3 Å². The van der Waals surface area contributed by atoms with Gasteiger partial charge in [0.15, 0.2) is 5.11 Å². The summed E-state index contributed by atoms with van der Waals surface area (Å²) < 4.78 is 31.2. The standard InChI is InChI=1S/C13H14F2N2O2S2/c1-7-9(10(11(14)15)17-13(20)16-7)12(18)19-4-2-8-3-5-21-6-8/h3,5-6,10-11H,2,4H2,1H3,(H2,16,17,20). The molecule has 1 aromatic heterocycles. The van der Waals surface area contributed by atoms with Gasteiger partial charge in [0, 0.05) is 12.1 Å². The molecule has 0 aliphatic carbocycles. The Labute approximate surface area is 130 Å². The normalized spacial score (nSPS) is 18.5. The molecule has 0 radical (unpaired) electrons. The van der Waals surface area contributed by atoms with Crippen LogP contribution < -0.4 is 10.6 Å². The minimum absolute atomic E-state index is 0.0765. The molecule has 1 atom stereocenters. The number of esters is 1. The van der Waals surface area contributed by atoms with Gasteiger partial charge in [-0.3, -0.25) is 0 Å². The highest BCUT2D eigenvalue weighted by atomic mass is 32.1. The molecule has 1 unspecified atom stereocenters. The number of ether oxygens (including phenoxy) is 1. The van der Waals surface area contributed by atoms with Gasteiger partial charge in [-0.1, -0.05) is 0 Å². The quantitative estimate of drug-likeness (QED) is 0.640. The monoisotopic (exact) mass is 332 g/mol. The number of carbonyl (C=O) groups excluding carboxylic acids is 1. The van der Waals surface area contributed by atoms with Crippen LogP contribution in [-0.4, -0.2) is 30.2 Å². The molecular formula is C13H14F2N2O2S2. The van der Waals surface area contributed by atoms with Crippen LogP contribution in [0.15, 0.2) is 28.1 Å². The van der Waals surface area contributed by atoms with Crippen LogP contribution in [0, 0.1) is 0 Å². The van der Waals surface area contributed by atoms with Gasteiger partial charge in [-0.05, 0) is 41.5 Å². The summed E-state index contributed by atoms with van der Waals surface area (Å²) in [5.41, 5.74) is 1.23. The van der Waals surface area contributed by atoms with Gasteiger partial charge in [-0.25, -0.2) is 13.6 Å². The molecule has 0 fully saturated rings. The van der Waals surface area contributed by atoms with E-state index < -0.39 is 18.4 Å². The molecule has 2 heterocycles. The number of hydrogen-bond acceptors (Lipinski definition) is 4. The smallest absolute Gasteiger partial charge is 0.338 e. The SMILES string of the molecule is CC1=C(C(=O)OCCc2ccsc2)C(C(F)F)NC(=S)N1. The summed E-state index contributed by atoms with van der Waals surface area (Å²) in [6.45, 7) is 1.67. The average molecular weight is 332 g/mol. The lowest BCUT2D eigenvalue weighted by Gasteiger charge is -2.28. The predicted octanol–water partition coefficient (Wildman–Crippen LogP) is 2.22. The third-order valence-electron chi connectivity index (χ3n) is 2.98. The van der Waals surface area contributed by atoms with Crippen molar-refractivity contribution < 1.29 is 18.3 Å². The maximum absolute atomic E-state index is 13.0. The van der Waals surface area contributed by atoms with E-state index in [0.29, 0.717) is 12.1 Å². The van der Waals surface area contributed by atoms with Gasteiger partial charge in [0.05, 0.1) is 12.2 Å². The molecule has 1 aromatic rings. The lowest BCUT2D eigenvalue weighted by Crippen LogP contribution is -2.52. The third-order valence-corrected chi connectivity index (χ3v) is 3.93. The first-order valence-corrected chi connectivity index (χ1v) is 7.58. The highest BCUT2D eigenvalue weighted by Crippen LogP contribution is 2.19. The number of carbonyl (C=O) groups is 1. The average Bonchev–Trinajstić information content (AvgIpc) is 2.90. The Morgan fingerprint density at radius 1 is 1.57 bits per heavy atom. The van der Waals surface area contributed by atoms with E-state index >= 15 is 0 Å².